The number of hydrogen-bond acceptors (Lipinski definition) is 7. The van der Waals surface area contributed by atoms with Gasteiger partial charge < -0.3 is 14.6 Å². The SMILES string of the molecule is CCCCNc1nccc(-c2c(-c3ccc(F)cc3)nc3n2C(COc2cnccn2)CC3)n1. The van der Waals surface area contributed by atoms with Crippen molar-refractivity contribution in [2.75, 3.05) is 18.5 Å². The molecule has 1 N–H and O–H groups in total. The van der Waals surface area contributed by atoms with Crippen LogP contribution in [0.5, 0.6) is 5.88 Å². The summed E-state index contributed by atoms with van der Waals surface area (Å²) < 4.78 is 21.8. The van der Waals surface area contributed by atoms with Crippen molar-refractivity contribution in [1.29, 1.82) is 0 Å². The smallest absolute Gasteiger partial charge is 0.232 e. The lowest BCUT2D eigenvalue weighted by Gasteiger charge is -2.18. The molecule has 4 heterocycles. The second kappa shape index (κ2) is 9.94. The van der Waals surface area contributed by atoms with Crippen LogP contribution < -0.4 is 10.1 Å². The van der Waals surface area contributed by atoms with Crippen molar-refractivity contribution >= 4 is 5.95 Å². The number of rotatable bonds is 9. The number of imidazole rings is 1. The van der Waals surface area contributed by atoms with E-state index in [4.69, 9.17) is 14.7 Å². The molecular weight excluding hydrogens is 433 g/mol. The molecule has 0 amide bonds. The van der Waals surface area contributed by atoms with Crippen molar-refractivity contribution in [3.05, 3.63) is 66.8 Å². The van der Waals surface area contributed by atoms with E-state index in [0.29, 0.717) is 18.4 Å². The lowest BCUT2D eigenvalue weighted by molar-refractivity contribution is 0.246. The zero-order valence-corrected chi connectivity index (χ0v) is 19.0. The average molecular weight is 460 g/mol. The van der Waals surface area contributed by atoms with Gasteiger partial charge in [-0.1, -0.05) is 13.3 Å². The van der Waals surface area contributed by atoms with Crippen LogP contribution in [0.15, 0.2) is 55.1 Å². The predicted molar refractivity (Wildman–Crippen MR) is 127 cm³/mol. The van der Waals surface area contributed by atoms with Gasteiger partial charge in [0, 0.05) is 37.1 Å². The van der Waals surface area contributed by atoms with E-state index in [-0.39, 0.29) is 11.9 Å². The third-order valence-corrected chi connectivity index (χ3v) is 5.84. The molecule has 1 aliphatic heterocycles. The summed E-state index contributed by atoms with van der Waals surface area (Å²) in [5.41, 5.74) is 3.26. The number of hydrogen-bond donors (Lipinski definition) is 1. The normalized spacial score (nSPS) is 14.7. The minimum absolute atomic E-state index is 0.0557. The number of aryl methyl sites for hydroxylation is 1. The van der Waals surface area contributed by atoms with Crippen LogP contribution in [0.3, 0.4) is 0 Å². The van der Waals surface area contributed by atoms with Gasteiger partial charge in [0.15, 0.2) is 0 Å². The molecule has 0 radical (unpaired) electrons. The quantitative estimate of drug-likeness (QED) is 0.362. The first-order valence-electron chi connectivity index (χ1n) is 11.6. The fraction of sp³-hybridized carbons (Fsp3) is 0.320. The van der Waals surface area contributed by atoms with E-state index in [0.717, 1.165) is 60.7 Å². The third-order valence-electron chi connectivity index (χ3n) is 5.84. The van der Waals surface area contributed by atoms with Crippen LogP contribution in [0.25, 0.3) is 22.6 Å². The lowest BCUT2D eigenvalue weighted by atomic mass is 10.1. The van der Waals surface area contributed by atoms with Gasteiger partial charge in [0.2, 0.25) is 11.8 Å². The Labute approximate surface area is 197 Å². The molecule has 1 unspecified atom stereocenters. The second-order valence-corrected chi connectivity index (χ2v) is 8.20. The van der Waals surface area contributed by atoms with E-state index in [9.17, 15) is 4.39 Å². The molecule has 1 atom stereocenters. The summed E-state index contributed by atoms with van der Waals surface area (Å²) in [5.74, 6) is 1.75. The van der Waals surface area contributed by atoms with Crippen molar-refractivity contribution in [2.45, 2.75) is 38.6 Å². The van der Waals surface area contributed by atoms with E-state index in [1.807, 2.05) is 6.07 Å². The van der Waals surface area contributed by atoms with Crippen LogP contribution in [-0.2, 0) is 6.42 Å². The Hall–Kier alpha value is -3.88. The third kappa shape index (κ3) is 4.59. The Morgan fingerprint density at radius 3 is 2.76 bits per heavy atom. The van der Waals surface area contributed by atoms with E-state index in [1.54, 1.807) is 36.9 Å². The molecule has 0 aliphatic carbocycles. The number of benzene rings is 1. The molecule has 3 aromatic heterocycles. The summed E-state index contributed by atoms with van der Waals surface area (Å²) in [6.07, 6.45) is 10.4. The maximum Gasteiger partial charge on any atom is 0.232 e. The number of fused-ring (bicyclic) bond motifs is 1. The molecule has 1 aromatic carbocycles. The summed E-state index contributed by atoms with van der Waals surface area (Å²) in [4.78, 5) is 22.4. The summed E-state index contributed by atoms with van der Waals surface area (Å²) in [7, 11) is 0. The Morgan fingerprint density at radius 1 is 1.09 bits per heavy atom. The van der Waals surface area contributed by atoms with Crippen molar-refractivity contribution in [1.82, 2.24) is 29.5 Å². The van der Waals surface area contributed by atoms with Crippen LogP contribution in [0, 0.1) is 5.82 Å². The topological polar surface area (TPSA) is 90.6 Å². The van der Waals surface area contributed by atoms with Gasteiger partial charge in [-0.2, -0.15) is 0 Å². The minimum Gasteiger partial charge on any atom is -0.474 e. The van der Waals surface area contributed by atoms with E-state index < -0.39 is 0 Å². The van der Waals surface area contributed by atoms with Crippen molar-refractivity contribution in [2.24, 2.45) is 0 Å². The highest BCUT2D eigenvalue weighted by atomic mass is 19.1. The zero-order valence-electron chi connectivity index (χ0n) is 19.0. The number of nitrogens with one attached hydrogen (secondary N) is 1. The molecule has 174 valence electrons. The van der Waals surface area contributed by atoms with Crippen LogP contribution in [0.1, 0.15) is 38.1 Å². The highest BCUT2D eigenvalue weighted by molar-refractivity contribution is 5.78. The molecule has 9 heteroatoms. The number of anilines is 1. The molecule has 5 rings (SSSR count). The van der Waals surface area contributed by atoms with E-state index in [2.05, 4.69) is 31.8 Å². The Bertz CT molecular complexity index is 1240. The first-order valence-corrected chi connectivity index (χ1v) is 11.6. The molecule has 0 fully saturated rings. The second-order valence-electron chi connectivity index (χ2n) is 8.20. The van der Waals surface area contributed by atoms with Crippen LogP contribution >= 0.6 is 0 Å². The highest BCUT2D eigenvalue weighted by Crippen LogP contribution is 2.39. The molecule has 1 aliphatic rings. The maximum atomic E-state index is 13.6. The lowest BCUT2D eigenvalue weighted by Crippen LogP contribution is -2.16. The van der Waals surface area contributed by atoms with Gasteiger partial charge in [0.1, 0.15) is 18.2 Å². The number of unbranched alkanes of at least 4 members (excludes halogenated alkanes) is 1. The molecule has 0 spiro atoms. The van der Waals surface area contributed by atoms with Gasteiger partial charge in [-0.25, -0.2) is 24.3 Å². The minimum atomic E-state index is -0.281. The number of ether oxygens (including phenoxy) is 1. The Morgan fingerprint density at radius 2 is 1.97 bits per heavy atom. The average Bonchev–Trinajstić information content (AvgIpc) is 3.44. The maximum absolute atomic E-state index is 13.6. The highest BCUT2D eigenvalue weighted by Gasteiger charge is 2.31. The van der Waals surface area contributed by atoms with Gasteiger partial charge in [0.05, 0.1) is 29.3 Å². The van der Waals surface area contributed by atoms with Gasteiger partial charge in [-0.05, 0) is 43.2 Å². The molecule has 0 saturated carbocycles. The Balaban J connectivity index is 1.53. The zero-order chi connectivity index (χ0) is 23.3. The molecule has 8 nitrogen and oxygen atoms in total. The summed E-state index contributed by atoms with van der Waals surface area (Å²) >= 11 is 0. The standard InChI is InChI=1S/C25H26FN7O/c1-2-3-11-29-25-30-12-10-20(31-25)24-23(17-4-6-18(26)7-5-17)32-21-9-8-19(33(21)24)16-34-22-15-27-13-14-28-22/h4-7,10,12-15,19H,2-3,8-9,11,16H2,1H3,(H,29,30,31). The summed E-state index contributed by atoms with van der Waals surface area (Å²) in [5, 5.41) is 3.30. The van der Waals surface area contributed by atoms with Gasteiger partial charge in [0.25, 0.3) is 0 Å². The fourth-order valence-electron chi connectivity index (χ4n) is 4.18. The molecular formula is C25H26FN7O. The molecule has 0 saturated heterocycles. The van der Waals surface area contributed by atoms with Gasteiger partial charge in [-0.15, -0.1) is 0 Å². The van der Waals surface area contributed by atoms with Gasteiger partial charge in [-0.3, -0.25) is 4.98 Å². The van der Waals surface area contributed by atoms with E-state index in [1.165, 1.54) is 12.1 Å². The summed E-state index contributed by atoms with van der Waals surface area (Å²) in [6, 6.07) is 8.36. The molecule has 0 bridgehead atoms. The van der Waals surface area contributed by atoms with Crippen LogP contribution in [0.2, 0.25) is 0 Å². The first-order chi connectivity index (χ1) is 16.7. The number of aromatic nitrogens is 6. The Kier molecular flexibility index (Phi) is 6.42. The first kappa shape index (κ1) is 21.9. The molecule has 34 heavy (non-hydrogen) atoms. The largest absolute Gasteiger partial charge is 0.474 e. The molecule has 4 aromatic rings. The van der Waals surface area contributed by atoms with E-state index >= 15 is 0 Å². The fourth-order valence-corrected chi connectivity index (χ4v) is 4.18. The van der Waals surface area contributed by atoms with Crippen molar-refractivity contribution in [3.63, 3.8) is 0 Å². The number of halogens is 1. The summed E-state index contributed by atoms with van der Waals surface area (Å²) in [6.45, 7) is 3.39. The van der Waals surface area contributed by atoms with Crippen LogP contribution in [0.4, 0.5) is 10.3 Å². The monoisotopic (exact) mass is 459 g/mol. The van der Waals surface area contributed by atoms with Crippen molar-refractivity contribution in [3.8, 4) is 28.5 Å². The predicted octanol–water partition coefficient (Wildman–Crippen LogP) is 4.71. The number of nitrogens with zero attached hydrogens (tertiary/aromatic N) is 6. The van der Waals surface area contributed by atoms with Crippen molar-refractivity contribution < 1.29 is 9.13 Å². The van der Waals surface area contributed by atoms with Gasteiger partial charge >= 0.3 is 0 Å². The van der Waals surface area contributed by atoms with Crippen LogP contribution in [-0.4, -0.2) is 42.6 Å².